The van der Waals surface area contributed by atoms with Crippen molar-refractivity contribution in [3.05, 3.63) is 86.0 Å². The second-order valence-corrected chi connectivity index (χ2v) is 11.2. The number of benzene rings is 2. The summed E-state index contributed by atoms with van der Waals surface area (Å²) in [5.74, 6) is 0. The van der Waals surface area contributed by atoms with E-state index in [0.29, 0.717) is 0 Å². The molecule has 2 nitrogen and oxygen atoms in total. The molecule has 0 spiro atoms. The van der Waals surface area contributed by atoms with Crippen LogP contribution >= 0.6 is 0 Å². The second kappa shape index (κ2) is 13.9. The minimum atomic E-state index is 0.889. The molecule has 3 heteroatoms. The van der Waals surface area contributed by atoms with Crippen LogP contribution in [0.15, 0.2) is 35.9 Å². The van der Waals surface area contributed by atoms with Crippen LogP contribution in [0.3, 0.4) is 0 Å². The number of hydrogen-bond acceptors (Lipinski definition) is 0. The van der Waals surface area contributed by atoms with Crippen molar-refractivity contribution >= 4 is 11.4 Å². The fourth-order valence-electron chi connectivity index (χ4n) is 5.17. The van der Waals surface area contributed by atoms with Crippen LogP contribution in [0, 0.1) is 27.7 Å². The molecule has 0 aliphatic carbocycles. The second-order valence-electron chi connectivity index (χ2n) is 9.31. The van der Waals surface area contributed by atoms with Gasteiger partial charge < -0.3 is 5.53 Å². The number of aryl methyl sites for hydroxylation is 4. The van der Waals surface area contributed by atoms with E-state index in [2.05, 4.69) is 92.7 Å². The summed E-state index contributed by atoms with van der Waals surface area (Å²) in [4.78, 5) is 0. The first-order valence-electron chi connectivity index (χ1n) is 13.3. The van der Waals surface area contributed by atoms with E-state index in [1.54, 1.807) is 0 Å². The Morgan fingerprint density at radius 1 is 0.714 bits per heavy atom. The third-order valence-corrected chi connectivity index (χ3v) is 7.83. The first kappa shape index (κ1) is 29.2. The van der Waals surface area contributed by atoms with Gasteiger partial charge in [0.05, 0.1) is 0 Å². The monoisotopic (exact) mass is 516 g/mol. The fraction of sp³-hybridized carbons (Fsp3) is 0.500. The fourth-order valence-corrected chi connectivity index (χ4v) is 5.66. The zero-order chi connectivity index (χ0) is 26.1. The molecule has 2 aromatic rings. The zero-order valence-corrected chi connectivity index (χ0v) is 24.5. The summed E-state index contributed by atoms with van der Waals surface area (Å²) in [6, 6.07) is 8.92. The van der Waals surface area contributed by atoms with Gasteiger partial charge in [0.1, 0.15) is 0 Å². The van der Waals surface area contributed by atoms with Crippen molar-refractivity contribution in [2.24, 2.45) is 0 Å². The van der Waals surface area contributed by atoms with Crippen LogP contribution in [0.25, 0.3) is 16.9 Å². The molecule has 2 aromatic carbocycles. The van der Waals surface area contributed by atoms with Gasteiger partial charge in [-0.25, -0.2) is 4.70 Å². The van der Waals surface area contributed by atoms with Crippen molar-refractivity contribution in [2.75, 3.05) is 0 Å². The maximum absolute atomic E-state index is 11.3. The predicted octanol–water partition coefficient (Wildman–Crippen LogP) is 9.98. The van der Waals surface area contributed by atoms with Gasteiger partial charge >= 0.3 is 39.1 Å². The van der Waals surface area contributed by atoms with Crippen LogP contribution in [0.4, 0.5) is 0 Å². The van der Waals surface area contributed by atoms with Gasteiger partial charge in [-0.05, 0) is 111 Å². The molecule has 0 radical (unpaired) electrons. The Morgan fingerprint density at radius 3 is 1.54 bits per heavy atom. The number of allylic oxidation sites excluding steroid dienone is 2. The van der Waals surface area contributed by atoms with E-state index in [9.17, 15) is 5.53 Å². The standard InChI is InChI=1S/C28H36N2.2C2H5.Ni/c1-8-11-12-22-17-27(23-13-18(4)25(9-2)19(5)14-23)30(29)28(22)24-15-20(6)26(10-3)21(7)16-24;2*1-2;/h13-17H,8-12H2,1-7H3;2*1H2,2H3;. The van der Waals surface area contributed by atoms with Crippen molar-refractivity contribution in [2.45, 2.75) is 105 Å². The van der Waals surface area contributed by atoms with E-state index < -0.39 is 0 Å². The van der Waals surface area contributed by atoms with Crippen molar-refractivity contribution in [3.63, 3.8) is 0 Å². The average molecular weight is 517 g/mol. The molecule has 3 rings (SSSR count). The van der Waals surface area contributed by atoms with Crippen LogP contribution in [-0.2, 0) is 27.3 Å². The molecule has 0 saturated carbocycles. The molecule has 35 heavy (non-hydrogen) atoms. The van der Waals surface area contributed by atoms with E-state index in [1.165, 1.54) is 54.4 Å². The van der Waals surface area contributed by atoms with Crippen LogP contribution in [0.1, 0.15) is 98.4 Å². The Bertz CT molecular complexity index is 1060. The third kappa shape index (κ3) is 7.04. The minimum absolute atomic E-state index is 0.889. The molecule has 0 N–H and O–H groups in total. The predicted molar refractivity (Wildman–Crippen MR) is 150 cm³/mol. The van der Waals surface area contributed by atoms with Crippen molar-refractivity contribution in [1.29, 1.82) is 0 Å². The normalized spacial score (nSPS) is 13.3. The number of rotatable bonds is 9. The van der Waals surface area contributed by atoms with E-state index in [0.717, 1.165) is 54.6 Å². The van der Waals surface area contributed by atoms with Gasteiger partial charge in [0, 0.05) is 22.8 Å². The summed E-state index contributed by atoms with van der Waals surface area (Å²) in [6.07, 6.45) is 7.51. The summed E-state index contributed by atoms with van der Waals surface area (Å²) in [5.41, 5.74) is 24.6. The molecule has 0 aromatic heterocycles. The third-order valence-electron chi connectivity index (χ3n) is 6.84. The molecule has 1 heterocycles. The van der Waals surface area contributed by atoms with Gasteiger partial charge in [0.2, 0.25) is 11.4 Å². The molecule has 1 aliphatic rings. The Labute approximate surface area is 221 Å². The number of hydrogen-bond donors (Lipinski definition) is 0. The summed E-state index contributed by atoms with van der Waals surface area (Å²) < 4.78 is 1.44. The summed E-state index contributed by atoms with van der Waals surface area (Å²) >= 11 is 1.82. The molecular weight excluding hydrogens is 471 g/mol. The molecule has 1 aliphatic heterocycles. The molecular formula is C32H46N2Ni. The zero-order valence-electron chi connectivity index (χ0n) is 23.5. The first-order chi connectivity index (χ1) is 16.7. The Hall–Kier alpha value is -1.99. The number of unbranched alkanes of at least 4 members (excludes halogenated alkanes) is 1. The van der Waals surface area contributed by atoms with Crippen LogP contribution < -0.4 is 0 Å². The van der Waals surface area contributed by atoms with Gasteiger partial charge in [-0.15, -0.1) is 0 Å². The molecule has 0 fully saturated rings. The number of nitrogens with zero attached hydrogens (tertiary/aromatic N) is 2. The van der Waals surface area contributed by atoms with Crippen LogP contribution in [0.2, 0.25) is 10.8 Å². The first-order valence-corrected chi connectivity index (χ1v) is 14.7. The van der Waals surface area contributed by atoms with Crippen LogP contribution in [-0.4, -0.2) is 4.70 Å². The van der Waals surface area contributed by atoms with E-state index >= 15 is 0 Å². The maximum atomic E-state index is 11.3. The van der Waals surface area contributed by atoms with Crippen molar-refractivity contribution < 1.29 is 19.1 Å². The van der Waals surface area contributed by atoms with Gasteiger partial charge in [-0.3, -0.25) is 0 Å². The summed E-state index contributed by atoms with van der Waals surface area (Å²) in [6.45, 7) is 19.7. The van der Waals surface area contributed by atoms with E-state index in [4.69, 9.17) is 0 Å². The Balaban J connectivity index is 0.000000784. The average Bonchev–Trinajstić information content (AvgIpc) is 3.14. The molecule has 0 bridgehead atoms. The SMILES string of the molecule is CCCCC1=C(c2cc(C)c(CC)c(C)c2)[N+](=[N-])C(c2cc(C)c(CC)c(C)c2)=C1.C[CH2][Ni][CH2]C. The Kier molecular flexibility index (Phi) is 11.6. The van der Waals surface area contributed by atoms with Gasteiger partial charge in [0.15, 0.2) is 0 Å². The van der Waals surface area contributed by atoms with E-state index in [-0.39, 0.29) is 0 Å². The summed E-state index contributed by atoms with van der Waals surface area (Å²) in [7, 11) is 0. The quantitative estimate of drug-likeness (QED) is 0.234. The molecule has 0 amide bonds. The van der Waals surface area contributed by atoms with Gasteiger partial charge in [-0.1, -0.05) is 27.2 Å². The van der Waals surface area contributed by atoms with Crippen molar-refractivity contribution in [1.82, 2.24) is 0 Å². The molecule has 194 valence electrons. The van der Waals surface area contributed by atoms with Gasteiger partial charge in [0.25, 0.3) is 0 Å². The molecule has 0 saturated heterocycles. The van der Waals surface area contributed by atoms with Crippen LogP contribution in [0.5, 0.6) is 0 Å². The Morgan fingerprint density at radius 2 is 1.17 bits per heavy atom. The topological polar surface area (TPSA) is 25.3 Å². The summed E-state index contributed by atoms with van der Waals surface area (Å²) in [5, 5.41) is 2.56. The van der Waals surface area contributed by atoms with E-state index in [1.807, 2.05) is 14.4 Å². The van der Waals surface area contributed by atoms with Crippen molar-refractivity contribution in [3.8, 4) is 0 Å². The van der Waals surface area contributed by atoms with Gasteiger partial charge in [-0.2, -0.15) is 0 Å². The molecule has 0 atom stereocenters. The molecule has 0 unspecified atom stereocenters.